The maximum absolute atomic E-state index is 14.7. The average molecular weight is 541 g/mol. The van der Waals surface area contributed by atoms with Gasteiger partial charge < -0.3 is 4.74 Å². The first-order valence-electron chi connectivity index (χ1n) is 13.2. The molecule has 0 spiro atoms. The molecule has 0 bridgehead atoms. The van der Waals surface area contributed by atoms with Gasteiger partial charge in [0, 0.05) is 23.6 Å². The standard InChI is InChI=1S/C31H29FN4O4/c1-4-8-27-25(30(37)36(19(3)33-27)22-15-16-28(39-5-2)26(32)18-22)17-20-11-13-21(14-12-20)23-9-6-7-10-24(23)29-34-31(38)40-35-29/h6-7,9-16,18H,4-5,8,17H2,1-3H3,(H,34,35,38). The van der Waals surface area contributed by atoms with E-state index in [1.165, 1.54) is 16.7 Å². The number of halogens is 1. The van der Waals surface area contributed by atoms with Crippen LogP contribution in [0.1, 0.15) is 42.9 Å². The molecule has 0 aliphatic carbocycles. The largest absolute Gasteiger partial charge is 0.491 e. The zero-order chi connectivity index (χ0) is 28.2. The lowest BCUT2D eigenvalue weighted by Gasteiger charge is -2.16. The minimum atomic E-state index is -0.617. The fraction of sp³-hybridized carbons (Fsp3) is 0.226. The Morgan fingerprint density at radius 3 is 2.40 bits per heavy atom. The van der Waals surface area contributed by atoms with Crippen LogP contribution in [0.4, 0.5) is 4.39 Å². The fourth-order valence-electron chi connectivity index (χ4n) is 4.84. The first kappa shape index (κ1) is 26.8. The van der Waals surface area contributed by atoms with Gasteiger partial charge in [-0.05, 0) is 49.1 Å². The highest BCUT2D eigenvalue weighted by atomic mass is 19.1. The third kappa shape index (κ3) is 5.36. The molecule has 0 saturated carbocycles. The summed E-state index contributed by atoms with van der Waals surface area (Å²) in [5.74, 6) is -0.155. The van der Waals surface area contributed by atoms with Crippen molar-refractivity contribution in [3.8, 4) is 34.0 Å². The lowest BCUT2D eigenvalue weighted by atomic mass is 9.96. The summed E-state index contributed by atoms with van der Waals surface area (Å²) >= 11 is 0. The van der Waals surface area contributed by atoms with Gasteiger partial charge in [0.2, 0.25) is 0 Å². The second-order valence-corrected chi connectivity index (χ2v) is 9.39. The van der Waals surface area contributed by atoms with Crippen LogP contribution >= 0.6 is 0 Å². The first-order chi connectivity index (χ1) is 19.4. The highest BCUT2D eigenvalue weighted by Crippen LogP contribution is 2.30. The third-order valence-corrected chi connectivity index (χ3v) is 6.66. The molecule has 0 saturated heterocycles. The van der Waals surface area contributed by atoms with Gasteiger partial charge >= 0.3 is 5.76 Å². The van der Waals surface area contributed by atoms with Crippen LogP contribution in [0.5, 0.6) is 5.75 Å². The van der Waals surface area contributed by atoms with Crippen LogP contribution in [0.2, 0.25) is 0 Å². The molecule has 0 aliphatic heterocycles. The molecule has 9 heteroatoms. The Balaban J connectivity index is 1.51. The number of hydrogen-bond acceptors (Lipinski definition) is 6. The molecule has 0 amide bonds. The van der Waals surface area contributed by atoms with Crippen LogP contribution in [-0.4, -0.2) is 26.3 Å². The first-order valence-corrected chi connectivity index (χ1v) is 13.2. The molecule has 1 N–H and O–H groups in total. The third-order valence-electron chi connectivity index (χ3n) is 6.66. The van der Waals surface area contributed by atoms with Crippen LogP contribution in [0, 0.1) is 12.7 Å². The van der Waals surface area contributed by atoms with Gasteiger partial charge in [0.25, 0.3) is 5.56 Å². The molecule has 3 aromatic carbocycles. The van der Waals surface area contributed by atoms with E-state index in [9.17, 15) is 14.0 Å². The minimum Gasteiger partial charge on any atom is -0.491 e. The molecule has 2 aromatic heterocycles. The van der Waals surface area contributed by atoms with Gasteiger partial charge in [-0.15, -0.1) is 0 Å². The molecular weight excluding hydrogens is 511 g/mol. The molecule has 0 radical (unpaired) electrons. The smallest absolute Gasteiger partial charge is 0.439 e. The molecule has 0 unspecified atom stereocenters. The number of benzene rings is 3. The second-order valence-electron chi connectivity index (χ2n) is 9.39. The van der Waals surface area contributed by atoms with Crippen molar-refractivity contribution in [2.75, 3.05) is 6.61 Å². The summed E-state index contributed by atoms with van der Waals surface area (Å²) in [6.45, 7) is 5.93. The number of H-pyrrole nitrogens is 1. The van der Waals surface area contributed by atoms with Crippen LogP contribution in [-0.2, 0) is 12.8 Å². The van der Waals surface area contributed by atoms with E-state index in [2.05, 4.69) is 14.7 Å². The molecule has 0 atom stereocenters. The van der Waals surface area contributed by atoms with Crippen LogP contribution in [0.3, 0.4) is 0 Å². The van der Waals surface area contributed by atoms with Crippen molar-refractivity contribution in [1.29, 1.82) is 0 Å². The summed E-state index contributed by atoms with van der Waals surface area (Å²) < 4.78 is 26.1. The number of nitrogens with zero attached hydrogens (tertiary/aromatic N) is 3. The lowest BCUT2D eigenvalue weighted by molar-refractivity contribution is 0.321. The molecule has 0 aliphatic rings. The Bertz CT molecular complexity index is 1770. The van der Waals surface area contributed by atoms with Crippen molar-refractivity contribution in [2.24, 2.45) is 0 Å². The molecule has 5 rings (SSSR count). The molecule has 0 fully saturated rings. The maximum atomic E-state index is 14.7. The predicted octanol–water partition coefficient (Wildman–Crippen LogP) is 5.63. The normalized spacial score (nSPS) is 11.1. The van der Waals surface area contributed by atoms with Crippen molar-refractivity contribution in [3.63, 3.8) is 0 Å². The average Bonchev–Trinajstić information content (AvgIpc) is 3.39. The quantitative estimate of drug-likeness (QED) is 0.260. The summed E-state index contributed by atoms with van der Waals surface area (Å²) in [6, 6.07) is 19.9. The Morgan fingerprint density at radius 2 is 1.75 bits per heavy atom. The molecule has 2 heterocycles. The number of rotatable bonds is 9. The van der Waals surface area contributed by atoms with Gasteiger partial charge in [0.1, 0.15) is 5.82 Å². The van der Waals surface area contributed by atoms with Crippen molar-refractivity contribution in [2.45, 2.75) is 40.0 Å². The van der Waals surface area contributed by atoms with E-state index in [1.54, 1.807) is 19.9 Å². The van der Waals surface area contributed by atoms with E-state index >= 15 is 0 Å². The highest BCUT2D eigenvalue weighted by Gasteiger charge is 2.18. The molecular formula is C31H29FN4O4. The molecule has 204 valence electrons. The van der Waals surface area contributed by atoms with Gasteiger partial charge in [-0.1, -0.05) is 67.0 Å². The zero-order valence-electron chi connectivity index (χ0n) is 22.5. The Kier molecular flexibility index (Phi) is 7.72. The van der Waals surface area contributed by atoms with Gasteiger partial charge in [0.05, 0.1) is 18.0 Å². The van der Waals surface area contributed by atoms with E-state index in [0.29, 0.717) is 42.3 Å². The number of nitrogens with one attached hydrogen (secondary N) is 1. The summed E-state index contributed by atoms with van der Waals surface area (Å²) in [5.41, 5.74) is 4.97. The fourth-order valence-corrected chi connectivity index (χ4v) is 4.84. The SMILES string of the molecule is CCCc1nc(C)n(-c2ccc(OCC)c(F)c2)c(=O)c1Cc1ccc(-c2ccccc2-c2noc(=O)[nH]2)cc1. The highest BCUT2D eigenvalue weighted by molar-refractivity contribution is 5.80. The van der Waals surface area contributed by atoms with E-state index in [-0.39, 0.29) is 11.3 Å². The predicted molar refractivity (Wildman–Crippen MR) is 150 cm³/mol. The van der Waals surface area contributed by atoms with Crippen LogP contribution in [0.25, 0.3) is 28.2 Å². The van der Waals surface area contributed by atoms with Gasteiger partial charge in [-0.25, -0.2) is 14.2 Å². The van der Waals surface area contributed by atoms with Gasteiger partial charge in [0.15, 0.2) is 17.4 Å². The monoisotopic (exact) mass is 540 g/mol. The van der Waals surface area contributed by atoms with Crippen molar-refractivity contribution >= 4 is 0 Å². The van der Waals surface area contributed by atoms with Crippen molar-refractivity contribution in [3.05, 3.63) is 116 Å². The summed E-state index contributed by atoms with van der Waals surface area (Å²) in [6.07, 6.45) is 1.87. The Hall–Kier alpha value is -4.79. The number of ether oxygens (including phenoxy) is 1. The topological polar surface area (TPSA) is 103 Å². The number of aromatic amines is 1. The van der Waals surface area contributed by atoms with Crippen molar-refractivity contribution < 1.29 is 13.7 Å². The van der Waals surface area contributed by atoms with Crippen LogP contribution < -0.4 is 16.1 Å². The van der Waals surface area contributed by atoms with Gasteiger partial charge in [-0.2, -0.15) is 0 Å². The molecule has 5 aromatic rings. The summed E-state index contributed by atoms with van der Waals surface area (Å²) in [7, 11) is 0. The number of hydrogen-bond donors (Lipinski definition) is 1. The second kappa shape index (κ2) is 11.5. The Labute approximate surface area is 230 Å². The maximum Gasteiger partial charge on any atom is 0.439 e. The Morgan fingerprint density at radius 1 is 1.00 bits per heavy atom. The van der Waals surface area contributed by atoms with Crippen molar-refractivity contribution in [1.82, 2.24) is 19.7 Å². The lowest BCUT2D eigenvalue weighted by Crippen LogP contribution is -2.28. The summed E-state index contributed by atoms with van der Waals surface area (Å²) in [5, 5.41) is 3.82. The minimum absolute atomic E-state index is 0.143. The van der Waals surface area contributed by atoms with E-state index in [1.807, 2.05) is 55.5 Å². The van der Waals surface area contributed by atoms with E-state index < -0.39 is 11.6 Å². The van der Waals surface area contributed by atoms with E-state index in [4.69, 9.17) is 9.72 Å². The van der Waals surface area contributed by atoms with E-state index in [0.717, 1.165) is 34.4 Å². The number of aromatic nitrogens is 4. The summed E-state index contributed by atoms with van der Waals surface area (Å²) in [4.78, 5) is 32.7. The number of aryl methyl sites for hydroxylation is 2. The molecule has 8 nitrogen and oxygen atoms in total. The van der Waals surface area contributed by atoms with Gasteiger partial charge in [-0.3, -0.25) is 18.9 Å². The van der Waals surface area contributed by atoms with Crippen LogP contribution in [0.15, 0.2) is 80.8 Å². The zero-order valence-corrected chi connectivity index (χ0v) is 22.5. The molecule has 40 heavy (non-hydrogen) atoms.